The Morgan fingerprint density at radius 3 is 2.08 bits per heavy atom. The van der Waals surface area contributed by atoms with Gasteiger partial charge in [0.25, 0.3) is 0 Å². The predicted molar refractivity (Wildman–Crippen MR) is 104 cm³/mol. The van der Waals surface area contributed by atoms with Crippen LogP contribution < -0.4 is 19.1 Å². The van der Waals surface area contributed by atoms with E-state index in [0.717, 1.165) is 24.1 Å². The van der Waals surface area contributed by atoms with E-state index < -0.39 is 0 Å². The van der Waals surface area contributed by atoms with E-state index in [2.05, 4.69) is 6.92 Å². The van der Waals surface area contributed by atoms with E-state index in [4.69, 9.17) is 14.2 Å². The minimum absolute atomic E-state index is 0.0407. The van der Waals surface area contributed by atoms with Gasteiger partial charge in [-0.15, -0.1) is 0 Å². The lowest BCUT2D eigenvalue weighted by Crippen LogP contribution is -2.33. The molecule has 0 atom stereocenters. The number of nitrogens with zero attached hydrogens (tertiary/aromatic N) is 1. The number of benzene rings is 2. The molecule has 2 rings (SSSR count). The van der Waals surface area contributed by atoms with Crippen molar-refractivity contribution in [1.82, 2.24) is 0 Å². The second-order valence-corrected chi connectivity index (χ2v) is 5.94. The highest BCUT2D eigenvalue weighted by Crippen LogP contribution is 2.38. The number of anilines is 1. The average molecular weight is 357 g/mol. The molecule has 0 saturated carbocycles. The van der Waals surface area contributed by atoms with Gasteiger partial charge < -0.3 is 19.1 Å². The molecule has 0 aliphatic rings. The summed E-state index contributed by atoms with van der Waals surface area (Å²) in [6.07, 6.45) is 2.24. The van der Waals surface area contributed by atoms with Gasteiger partial charge >= 0.3 is 0 Å². The van der Waals surface area contributed by atoms with Gasteiger partial charge in [-0.3, -0.25) is 4.79 Å². The largest absolute Gasteiger partial charge is 0.493 e. The zero-order valence-electron chi connectivity index (χ0n) is 16.0. The molecule has 2 aromatic rings. The van der Waals surface area contributed by atoms with Crippen molar-refractivity contribution in [2.75, 3.05) is 32.8 Å². The quantitative estimate of drug-likeness (QED) is 0.678. The number of carbonyl (C=O) groups excluding carboxylic acids is 1. The molecule has 0 saturated heterocycles. The number of ether oxygens (including phenoxy) is 3. The number of hydrogen-bond donors (Lipinski definition) is 0. The van der Waals surface area contributed by atoms with Gasteiger partial charge in [0.05, 0.1) is 27.8 Å². The van der Waals surface area contributed by atoms with Gasteiger partial charge in [-0.05, 0) is 36.2 Å². The van der Waals surface area contributed by atoms with Crippen molar-refractivity contribution in [2.45, 2.75) is 26.2 Å². The maximum Gasteiger partial charge on any atom is 0.231 e. The Morgan fingerprint density at radius 2 is 1.58 bits per heavy atom. The van der Waals surface area contributed by atoms with E-state index in [9.17, 15) is 4.79 Å². The van der Waals surface area contributed by atoms with E-state index in [1.54, 1.807) is 21.3 Å². The summed E-state index contributed by atoms with van der Waals surface area (Å²) < 4.78 is 16.1. The molecule has 0 bridgehead atoms. The Kier molecular flexibility index (Phi) is 7.33. The minimum Gasteiger partial charge on any atom is -0.493 e. The van der Waals surface area contributed by atoms with Crippen molar-refractivity contribution in [1.29, 1.82) is 0 Å². The lowest BCUT2D eigenvalue weighted by atomic mass is 10.1. The van der Waals surface area contributed by atoms with Crippen molar-refractivity contribution in [3.63, 3.8) is 0 Å². The highest BCUT2D eigenvalue weighted by atomic mass is 16.5. The smallest absolute Gasteiger partial charge is 0.231 e. The Hall–Kier alpha value is -2.69. The van der Waals surface area contributed by atoms with Crippen LogP contribution in [0.4, 0.5) is 5.69 Å². The van der Waals surface area contributed by atoms with Gasteiger partial charge in [0.1, 0.15) is 0 Å². The summed E-state index contributed by atoms with van der Waals surface area (Å²) in [6.45, 7) is 2.82. The first-order chi connectivity index (χ1) is 12.6. The van der Waals surface area contributed by atoms with Crippen molar-refractivity contribution >= 4 is 11.6 Å². The van der Waals surface area contributed by atoms with E-state index >= 15 is 0 Å². The molecule has 0 aliphatic heterocycles. The Balaban J connectivity index is 2.28. The molecule has 0 spiro atoms. The fourth-order valence-electron chi connectivity index (χ4n) is 2.83. The number of para-hydroxylation sites is 1. The first-order valence-electron chi connectivity index (χ1n) is 8.78. The third-order valence-corrected chi connectivity index (χ3v) is 4.18. The number of methoxy groups -OCH3 is 3. The molecule has 5 nitrogen and oxygen atoms in total. The van der Waals surface area contributed by atoms with Crippen molar-refractivity contribution in [3.05, 3.63) is 48.0 Å². The third kappa shape index (κ3) is 4.69. The summed E-state index contributed by atoms with van der Waals surface area (Å²) in [6, 6.07) is 13.4. The van der Waals surface area contributed by atoms with Gasteiger partial charge in [-0.1, -0.05) is 31.5 Å². The number of rotatable bonds is 9. The van der Waals surface area contributed by atoms with Crippen LogP contribution in [0.15, 0.2) is 42.5 Å². The Labute approximate surface area is 155 Å². The molecule has 26 heavy (non-hydrogen) atoms. The minimum atomic E-state index is 0.0407. The maximum atomic E-state index is 13.0. The SMILES string of the molecule is CCCCN(C(=O)Cc1cc(OC)c(OC)c(OC)c1)c1ccccc1. The molecule has 5 heteroatoms. The second-order valence-electron chi connectivity index (χ2n) is 5.94. The Morgan fingerprint density at radius 1 is 0.962 bits per heavy atom. The van der Waals surface area contributed by atoms with E-state index in [-0.39, 0.29) is 12.3 Å². The Bertz CT molecular complexity index is 690. The molecule has 140 valence electrons. The third-order valence-electron chi connectivity index (χ3n) is 4.18. The zero-order chi connectivity index (χ0) is 18.9. The molecule has 0 unspecified atom stereocenters. The van der Waals surface area contributed by atoms with E-state index in [0.29, 0.717) is 23.8 Å². The van der Waals surface area contributed by atoms with E-state index in [1.807, 2.05) is 47.4 Å². The molecular formula is C21H27NO4. The van der Waals surface area contributed by atoms with Gasteiger partial charge in [0.15, 0.2) is 11.5 Å². The van der Waals surface area contributed by atoms with Crippen LogP contribution in [-0.2, 0) is 11.2 Å². The predicted octanol–water partition coefficient (Wildman–Crippen LogP) is 4.09. The van der Waals surface area contributed by atoms with E-state index in [1.165, 1.54) is 0 Å². The fraction of sp³-hybridized carbons (Fsp3) is 0.381. The lowest BCUT2D eigenvalue weighted by molar-refractivity contribution is -0.118. The number of carbonyl (C=O) groups is 1. The summed E-state index contributed by atoms with van der Waals surface area (Å²) in [5, 5.41) is 0. The first kappa shape index (κ1) is 19.6. The highest BCUT2D eigenvalue weighted by Gasteiger charge is 2.19. The number of amides is 1. The normalized spacial score (nSPS) is 10.3. The molecule has 0 heterocycles. The van der Waals surface area contributed by atoms with Gasteiger partial charge in [-0.2, -0.15) is 0 Å². The van der Waals surface area contributed by atoms with Crippen LogP contribution in [0.25, 0.3) is 0 Å². The summed E-state index contributed by atoms with van der Waals surface area (Å²) in [7, 11) is 4.70. The zero-order valence-corrected chi connectivity index (χ0v) is 16.0. The van der Waals surface area contributed by atoms with Crippen LogP contribution >= 0.6 is 0 Å². The van der Waals surface area contributed by atoms with Crippen molar-refractivity contribution in [3.8, 4) is 17.2 Å². The van der Waals surface area contributed by atoms with Crippen LogP contribution in [0.1, 0.15) is 25.3 Å². The summed E-state index contributed by atoms with van der Waals surface area (Å²) >= 11 is 0. The number of unbranched alkanes of at least 4 members (excludes halogenated alkanes) is 1. The van der Waals surface area contributed by atoms with Crippen molar-refractivity contribution < 1.29 is 19.0 Å². The number of hydrogen-bond acceptors (Lipinski definition) is 4. The molecule has 0 radical (unpaired) electrons. The van der Waals surface area contributed by atoms with Crippen LogP contribution in [0, 0.1) is 0 Å². The van der Waals surface area contributed by atoms with Crippen LogP contribution in [0.3, 0.4) is 0 Å². The first-order valence-corrected chi connectivity index (χ1v) is 8.78. The molecule has 1 amide bonds. The van der Waals surface area contributed by atoms with Crippen LogP contribution in [-0.4, -0.2) is 33.8 Å². The standard InChI is InChI=1S/C21H27NO4/c1-5-6-12-22(17-10-8-7-9-11-17)20(23)15-16-13-18(24-2)21(26-4)19(14-16)25-3/h7-11,13-14H,5-6,12,15H2,1-4H3. The summed E-state index contributed by atoms with van der Waals surface area (Å²) in [5.74, 6) is 1.67. The van der Waals surface area contributed by atoms with Gasteiger partial charge in [0.2, 0.25) is 11.7 Å². The summed E-state index contributed by atoms with van der Waals surface area (Å²) in [5.41, 5.74) is 1.74. The maximum absolute atomic E-state index is 13.0. The molecule has 0 N–H and O–H groups in total. The topological polar surface area (TPSA) is 48.0 Å². The van der Waals surface area contributed by atoms with Crippen LogP contribution in [0.5, 0.6) is 17.2 Å². The molecular weight excluding hydrogens is 330 g/mol. The molecule has 0 aliphatic carbocycles. The van der Waals surface area contributed by atoms with Gasteiger partial charge in [0, 0.05) is 12.2 Å². The van der Waals surface area contributed by atoms with Gasteiger partial charge in [-0.25, -0.2) is 0 Å². The van der Waals surface area contributed by atoms with Crippen LogP contribution in [0.2, 0.25) is 0 Å². The highest BCUT2D eigenvalue weighted by molar-refractivity contribution is 5.94. The second kappa shape index (κ2) is 9.70. The monoisotopic (exact) mass is 357 g/mol. The molecule has 0 aromatic heterocycles. The molecule has 2 aromatic carbocycles. The molecule has 0 fully saturated rings. The average Bonchev–Trinajstić information content (AvgIpc) is 2.68. The lowest BCUT2D eigenvalue weighted by Gasteiger charge is -2.23. The summed E-state index contributed by atoms with van der Waals surface area (Å²) in [4.78, 5) is 14.8. The van der Waals surface area contributed by atoms with Crippen molar-refractivity contribution in [2.24, 2.45) is 0 Å². The fourth-order valence-corrected chi connectivity index (χ4v) is 2.83.